The van der Waals surface area contributed by atoms with Gasteiger partial charge in [-0.25, -0.2) is 0 Å². The molecule has 0 heterocycles. The van der Waals surface area contributed by atoms with Gasteiger partial charge in [-0.2, -0.15) is 0 Å². The SMILES string of the molecule is CC(=O)O.CC(=O)O.CC(=O)O.O=CC(O)C(O)C(O)C(O)CO. The number of carboxylic acid groups (broad SMARTS) is 3. The van der Waals surface area contributed by atoms with Gasteiger partial charge in [-0.15, -0.1) is 0 Å². The van der Waals surface area contributed by atoms with Crippen molar-refractivity contribution in [2.24, 2.45) is 0 Å². The zero-order valence-electron chi connectivity index (χ0n) is 13.3. The lowest BCUT2D eigenvalue weighted by molar-refractivity contribution is -0.136. The number of carboxylic acids is 3. The molecule has 0 aromatic carbocycles. The van der Waals surface area contributed by atoms with E-state index >= 15 is 0 Å². The summed E-state index contributed by atoms with van der Waals surface area (Å²) in [6.07, 6.45) is -6.84. The summed E-state index contributed by atoms with van der Waals surface area (Å²) < 4.78 is 0. The minimum absolute atomic E-state index is 0.0258. The fraction of sp³-hybridized carbons (Fsp3) is 0.667. The van der Waals surface area contributed by atoms with E-state index in [1.807, 2.05) is 0 Å². The minimum Gasteiger partial charge on any atom is -0.481 e. The number of hydrogen-bond acceptors (Lipinski definition) is 9. The number of carbonyl (C=O) groups is 4. The van der Waals surface area contributed by atoms with Crippen LogP contribution in [0.4, 0.5) is 0 Å². The van der Waals surface area contributed by atoms with Crippen LogP contribution in [0.5, 0.6) is 0 Å². The maximum Gasteiger partial charge on any atom is 0.300 e. The third kappa shape index (κ3) is 36.8. The lowest BCUT2D eigenvalue weighted by atomic mass is 10.0. The highest BCUT2D eigenvalue weighted by Gasteiger charge is 2.29. The van der Waals surface area contributed by atoms with Crippen LogP contribution in [0.25, 0.3) is 0 Å². The fourth-order valence-electron chi connectivity index (χ4n) is 0.618. The molecule has 0 aliphatic carbocycles. The van der Waals surface area contributed by atoms with E-state index in [2.05, 4.69) is 0 Å². The molecule has 8 N–H and O–H groups in total. The van der Waals surface area contributed by atoms with E-state index in [0.717, 1.165) is 20.8 Å². The van der Waals surface area contributed by atoms with Gasteiger partial charge in [-0.1, -0.05) is 0 Å². The van der Waals surface area contributed by atoms with Crippen molar-refractivity contribution in [3.63, 3.8) is 0 Å². The van der Waals surface area contributed by atoms with E-state index in [0.29, 0.717) is 0 Å². The van der Waals surface area contributed by atoms with E-state index < -0.39 is 48.9 Å². The van der Waals surface area contributed by atoms with Crippen molar-refractivity contribution in [1.29, 1.82) is 0 Å². The zero-order valence-corrected chi connectivity index (χ0v) is 13.3. The molecule has 0 radical (unpaired) electrons. The molecule has 0 aromatic heterocycles. The van der Waals surface area contributed by atoms with Crippen molar-refractivity contribution >= 4 is 24.2 Å². The van der Waals surface area contributed by atoms with E-state index in [1.54, 1.807) is 0 Å². The van der Waals surface area contributed by atoms with E-state index in [9.17, 15) is 4.79 Å². The summed E-state index contributed by atoms with van der Waals surface area (Å²) in [4.78, 5) is 36.9. The van der Waals surface area contributed by atoms with E-state index in [4.69, 9.17) is 55.2 Å². The largest absolute Gasteiger partial charge is 0.481 e. The van der Waals surface area contributed by atoms with Gasteiger partial charge < -0.3 is 45.6 Å². The zero-order chi connectivity index (χ0) is 20.5. The number of carbonyl (C=O) groups excluding carboxylic acids is 1. The predicted octanol–water partition coefficient (Wildman–Crippen LogP) is -3.11. The second kappa shape index (κ2) is 18.9. The van der Waals surface area contributed by atoms with Gasteiger partial charge in [0, 0.05) is 20.8 Å². The Hall–Kier alpha value is -2.12. The van der Waals surface area contributed by atoms with Gasteiger partial charge in [0.1, 0.15) is 24.4 Å². The summed E-state index contributed by atoms with van der Waals surface area (Å²) in [7, 11) is 0. The Labute approximate surface area is 137 Å². The lowest BCUT2D eigenvalue weighted by Gasteiger charge is -2.22. The maximum absolute atomic E-state index is 9.90. The van der Waals surface area contributed by atoms with Crippen molar-refractivity contribution in [1.82, 2.24) is 0 Å². The van der Waals surface area contributed by atoms with Gasteiger partial charge >= 0.3 is 0 Å². The van der Waals surface area contributed by atoms with Gasteiger partial charge in [-0.05, 0) is 0 Å². The molecule has 0 rings (SSSR count). The van der Waals surface area contributed by atoms with Crippen molar-refractivity contribution in [2.75, 3.05) is 6.61 Å². The summed E-state index contributed by atoms with van der Waals surface area (Å²) in [5.41, 5.74) is 0. The Morgan fingerprint density at radius 2 is 1.04 bits per heavy atom. The van der Waals surface area contributed by atoms with Gasteiger partial charge in [0.25, 0.3) is 17.9 Å². The molecule has 0 amide bonds. The van der Waals surface area contributed by atoms with Gasteiger partial charge in [0.05, 0.1) is 6.61 Å². The second-order valence-corrected chi connectivity index (χ2v) is 3.91. The van der Waals surface area contributed by atoms with Crippen LogP contribution in [-0.4, -0.2) is 96.1 Å². The number of hydrogen-bond donors (Lipinski definition) is 8. The molecule has 0 bridgehead atoms. The van der Waals surface area contributed by atoms with Crippen LogP contribution < -0.4 is 0 Å². The van der Waals surface area contributed by atoms with Crippen molar-refractivity contribution in [3.05, 3.63) is 0 Å². The topological polar surface area (TPSA) is 230 Å². The van der Waals surface area contributed by atoms with E-state index in [-0.39, 0.29) is 6.29 Å². The fourth-order valence-corrected chi connectivity index (χ4v) is 0.618. The average Bonchev–Trinajstić information content (AvgIpc) is 2.42. The first-order valence-electron chi connectivity index (χ1n) is 6.11. The minimum atomic E-state index is -1.79. The second-order valence-electron chi connectivity index (χ2n) is 3.91. The molecule has 4 atom stereocenters. The number of rotatable bonds is 5. The normalized spacial score (nSPS) is 13.7. The highest BCUT2D eigenvalue weighted by molar-refractivity contribution is 5.63. The number of aldehydes is 1. The molecular formula is C12H24O12. The molecular weight excluding hydrogens is 336 g/mol. The number of aliphatic hydroxyl groups is 5. The Morgan fingerprint density at radius 1 is 0.792 bits per heavy atom. The molecule has 12 heteroatoms. The van der Waals surface area contributed by atoms with Crippen LogP contribution >= 0.6 is 0 Å². The monoisotopic (exact) mass is 360 g/mol. The van der Waals surface area contributed by atoms with Crippen molar-refractivity contribution < 1.29 is 60.0 Å². The quantitative estimate of drug-likeness (QED) is 0.228. The van der Waals surface area contributed by atoms with Crippen LogP contribution in [0.2, 0.25) is 0 Å². The summed E-state index contributed by atoms with van der Waals surface area (Å²) in [5, 5.41) is 65.8. The average molecular weight is 360 g/mol. The van der Waals surface area contributed by atoms with Crippen LogP contribution in [0.3, 0.4) is 0 Å². The lowest BCUT2D eigenvalue weighted by Crippen LogP contribution is -2.46. The summed E-state index contributed by atoms with van der Waals surface area (Å²) in [5.74, 6) is -2.50. The number of aliphatic carboxylic acids is 3. The molecule has 24 heavy (non-hydrogen) atoms. The Balaban J connectivity index is -0.000000137. The van der Waals surface area contributed by atoms with Crippen LogP contribution in [0.1, 0.15) is 20.8 Å². The van der Waals surface area contributed by atoms with E-state index in [1.165, 1.54) is 0 Å². The molecule has 0 fully saturated rings. The predicted molar refractivity (Wildman–Crippen MR) is 77.1 cm³/mol. The third-order valence-corrected chi connectivity index (χ3v) is 1.42. The maximum atomic E-state index is 9.90. The smallest absolute Gasteiger partial charge is 0.300 e. The first-order chi connectivity index (χ1) is 10.7. The highest BCUT2D eigenvalue weighted by atomic mass is 16.4. The molecule has 0 saturated heterocycles. The standard InChI is InChI=1S/C6H12O6.3C2H4O2/c7-1-3(9)5(11)6(12)4(10)2-8;3*1-2(3)4/h1,3-6,8-12H,2H2;3*1H3,(H,3,4). The summed E-state index contributed by atoms with van der Waals surface area (Å²) in [6, 6.07) is 0. The van der Waals surface area contributed by atoms with Crippen LogP contribution in [-0.2, 0) is 19.2 Å². The molecule has 0 aliphatic rings. The Bertz CT molecular complexity index is 315. The first-order valence-corrected chi connectivity index (χ1v) is 6.11. The molecule has 12 nitrogen and oxygen atoms in total. The van der Waals surface area contributed by atoms with Crippen LogP contribution in [0.15, 0.2) is 0 Å². The Kier molecular flexibility index (Phi) is 23.5. The molecule has 0 spiro atoms. The van der Waals surface area contributed by atoms with Crippen LogP contribution in [0, 0.1) is 0 Å². The van der Waals surface area contributed by atoms with Crippen molar-refractivity contribution in [3.8, 4) is 0 Å². The summed E-state index contributed by atoms with van der Waals surface area (Å²) in [6.45, 7) is 2.49. The first kappa shape index (κ1) is 29.8. The molecule has 0 aromatic rings. The molecule has 0 aliphatic heterocycles. The molecule has 144 valence electrons. The van der Waals surface area contributed by atoms with Gasteiger partial charge in [-0.3, -0.25) is 14.4 Å². The highest BCUT2D eigenvalue weighted by Crippen LogP contribution is 2.02. The number of aliphatic hydroxyl groups excluding tert-OH is 5. The molecule has 4 unspecified atom stereocenters. The Morgan fingerprint density at radius 3 is 1.21 bits per heavy atom. The van der Waals surface area contributed by atoms with Gasteiger partial charge in [0.2, 0.25) is 0 Å². The van der Waals surface area contributed by atoms with Gasteiger partial charge in [0.15, 0.2) is 6.29 Å². The summed E-state index contributed by atoms with van der Waals surface area (Å²) >= 11 is 0. The van der Waals surface area contributed by atoms with Crippen molar-refractivity contribution in [2.45, 2.75) is 45.2 Å². The molecule has 0 saturated carbocycles. The third-order valence-electron chi connectivity index (χ3n) is 1.42.